The van der Waals surface area contributed by atoms with Gasteiger partial charge in [0.05, 0.1) is 13.5 Å². The Morgan fingerprint density at radius 3 is 2.42 bits per heavy atom. The highest BCUT2D eigenvalue weighted by Gasteiger charge is 2.54. The molecule has 6 nitrogen and oxygen atoms in total. The van der Waals surface area contributed by atoms with Gasteiger partial charge in [0.2, 0.25) is 11.8 Å². The normalized spacial score (nSPS) is 21.0. The third kappa shape index (κ3) is 3.37. The van der Waals surface area contributed by atoms with Gasteiger partial charge in [0.1, 0.15) is 17.0 Å². The Bertz CT molecular complexity index is 674. The average Bonchev–Trinajstić information content (AvgIpc) is 2.50. The van der Waals surface area contributed by atoms with Gasteiger partial charge in [0.25, 0.3) is 0 Å². The highest BCUT2D eigenvalue weighted by molar-refractivity contribution is 6.17. The Morgan fingerprint density at radius 1 is 1.33 bits per heavy atom. The summed E-state index contributed by atoms with van der Waals surface area (Å²) in [5, 5.41) is 2.58. The maximum absolute atomic E-state index is 13.3. The van der Waals surface area contributed by atoms with Gasteiger partial charge in [0, 0.05) is 24.3 Å². The number of benzene rings is 1. The van der Waals surface area contributed by atoms with Gasteiger partial charge < -0.3 is 15.0 Å². The molecular formula is C16H18F2N2O4. The number of halogens is 2. The Labute approximate surface area is 137 Å². The van der Waals surface area contributed by atoms with Gasteiger partial charge in [-0.3, -0.25) is 14.4 Å². The molecule has 2 amide bonds. The second-order valence-corrected chi connectivity index (χ2v) is 6.01. The molecular weight excluding hydrogens is 322 g/mol. The Kier molecular flexibility index (Phi) is 4.86. The van der Waals surface area contributed by atoms with Crippen LogP contribution in [0.3, 0.4) is 0 Å². The molecule has 1 aliphatic rings. The third-order valence-corrected chi connectivity index (χ3v) is 3.93. The molecule has 0 aliphatic carbocycles. The molecule has 1 aromatic carbocycles. The van der Waals surface area contributed by atoms with E-state index in [1.54, 1.807) is 6.92 Å². The van der Waals surface area contributed by atoms with Crippen LogP contribution in [0.5, 0.6) is 0 Å². The van der Waals surface area contributed by atoms with Crippen molar-refractivity contribution in [3.05, 3.63) is 29.8 Å². The summed E-state index contributed by atoms with van der Waals surface area (Å²) in [6.07, 6.45) is -0.0225. The van der Waals surface area contributed by atoms with Crippen LogP contribution >= 0.6 is 0 Å². The Hall–Kier alpha value is -2.51. The largest absolute Gasteiger partial charge is 0.469 e. The summed E-state index contributed by atoms with van der Waals surface area (Å²) in [6, 6.07) is 2.25. The number of nitrogens with zero attached hydrogens (tertiary/aromatic N) is 1. The van der Waals surface area contributed by atoms with Gasteiger partial charge in [-0.2, -0.15) is 0 Å². The quantitative estimate of drug-likeness (QED) is 0.499. The SMILES string of the molecule is COC(=O)CC(C)NC(=O)C1(C)CN(c2cc(F)cc(F)c2)C1=O. The molecule has 2 atom stereocenters. The van der Waals surface area contributed by atoms with Gasteiger partial charge in [-0.25, -0.2) is 8.78 Å². The van der Waals surface area contributed by atoms with Crippen molar-refractivity contribution in [3.8, 4) is 0 Å². The van der Waals surface area contributed by atoms with E-state index >= 15 is 0 Å². The Morgan fingerprint density at radius 2 is 1.92 bits per heavy atom. The second-order valence-electron chi connectivity index (χ2n) is 6.01. The minimum absolute atomic E-state index is 0.00843. The molecule has 1 saturated heterocycles. The van der Waals surface area contributed by atoms with Crippen LogP contribution in [-0.2, 0) is 19.1 Å². The topological polar surface area (TPSA) is 75.7 Å². The number of amides is 2. The minimum atomic E-state index is -1.34. The highest BCUT2D eigenvalue weighted by Crippen LogP contribution is 2.36. The monoisotopic (exact) mass is 340 g/mol. The van der Waals surface area contributed by atoms with Crippen molar-refractivity contribution in [1.82, 2.24) is 5.32 Å². The van der Waals surface area contributed by atoms with Crippen molar-refractivity contribution in [1.29, 1.82) is 0 Å². The molecule has 0 bridgehead atoms. The number of β-lactam (4-membered cyclic amide) rings is 1. The van der Waals surface area contributed by atoms with Crippen LogP contribution in [0, 0.1) is 17.0 Å². The average molecular weight is 340 g/mol. The van der Waals surface area contributed by atoms with E-state index < -0.39 is 40.9 Å². The molecule has 0 radical (unpaired) electrons. The molecule has 130 valence electrons. The first-order valence-corrected chi connectivity index (χ1v) is 7.33. The van der Waals surface area contributed by atoms with E-state index in [1.165, 1.54) is 14.0 Å². The van der Waals surface area contributed by atoms with Gasteiger partial charge in [-0.1, -0.05) is 0 Å². The van der Waals surface area contributed by atoms with Crippen molar-refractivity contribution >= 4 is 23.5 Å². The molecule has 0 aromatic heterocycles. The fraction of sp³-hybridized carbons (Fsp3) is 0.438. The molecule has 1 aromatic rings. The van der Waals surface area contributed by atoms with Gasteiger partial charge in [0.15, 0.2) is 0 Å². The van der Waals surface area contributed by atoms with E-state index in [1.807, 2.05) is 0 Å². The lowest BCUT2D eigenvalue weighted by atomic mass is 9.79. The summed E-state index contributed by atoms with van der Waals surface area (Å²) in [7, 11) is 1.24. The van der Waals surface area contributed by atoms with E-state index in [-0.39, 0.29) is 18.7 Å². The molecule has 1 fully saturated rings. The predicted molar refractivity (Wildman–Crippen MR) is 81.1 cm³/mol. The van der Waals surface area contributed by atoms with Crippen LogP contribution < -0.4 is 10.2 Å². The number of ether oxygens (including phenoxy) is 1. The maximum Gasteiger partial charge on any atom is 0.307 e. The molecule has 0 spiro atoms. The number of methoxy groups -OCH3 is 1. The fourth-order valence-electron chi connectivity index (χ4n) is 2.50. The zero-order valence-corrected chi connectivity index (χ0v) is 13.6. The van der Waals surface area contributed by atoms with Crippen LogP contribution in [0.2, 0.25) is 0 Å². The number of hydrogen-bond donors (Lipinski definition) is 1. The maximum atomic E-state index is 13.3. The smallest absolute Gasteiger partial charge is 0.307 e. The van der Waals surface area contributed by atoms with Crippen LogP contribution in [0.1, 0.15) is 20.3 Å². The zero-order chi connectivity index (χ0) is 18.1. The van der Waals surface area contributed by atoms with E-state index in [9.17, 15) is 23.2 Å². The lowest BCUT2D eigenvalue weighted by Crippen LogP contribution is -2.67. The number of hydrogen-bond acceptors (Lipinski definition) is 4. The molecule has 2 rings (SSSR count). The number of anilines is 1. The van der Waals surface area contributed by atoms with E-state index in [0.29, 0.717) is 6.07 Å². The molecule has 2 unspecified atom stereocenters. The minimum Gasteiger partial charge on any atom is -0.469 e. The lowest BCUT2D eigenvalue weighted by molar-refractivity contribution is -0.146. The third-order valence-electron chi connectivity index (χ3n) is 3.93. The summed E-state index contributed by atoms with van der Waals surface area (Å²) in [6.45, 7) is 3.05. The Balaban J connectivity index is 2.04. The van der Waals surface area contributed by atoms with Gasteiger partial charge in [-0.15, -0.1) is 0 Å². The zero-order valence-electron chi connectivity index (χ0n) is 13.6. The molecule has 1 heterocycles. The van der Waals surface area contributed by atoms with Gasteiger partial charge >= 0.3 is 5.97 Å². The summed E-state index contributed by atoms with van der Waals surface area (Å²) >= 11 is 0. The number of rotatable bonds is 5. The van der Waals surface area contributed by atoms with Crippen molar-refractivity contribution < 1.29 is 27.9 Å². The lowest BCUT2D eigenvalue weighted by Gasteiger charge is -2.45. The number of nitrogens with one attached hydrogen (secondary N) is 1. The summed E-state index contributed by atoms with van der Waals surface area (Å²) in [4.78, 5) is 36.9. The molecule has 1 N–H and O–H groups in total. The van der Waals surface area contributed by atoms with Gasteiger partial charge in [-0.05, 0) is 26.0 Å². The first-order chi connectivity index (χ1) is 11.2. The predicted octanol–water partition coefficient (Wildman–Crippen LogP) is 1.39. The summed E-state index contributed by atoms with van der Waals surface area (Å²) < 4.78 is 31.0. The summed E-state index contributed by atoms with van der Waals surface area (Å²) in [5.41, 5.74) is -1.28. The van der Waals surface area contributed by atoms with E-state index in [4.69, 9.17) is 0 Å². The van der Waals surface area contributed by atoms with E-state index in [0.717, 1.165) is 17.0 Å². The molecule has 8 heteroatoms. The van der Waals surface area contributed by atoms with Crippen molar-refractivity contribution in [3.63, 3.8) is 0 Å². The fourth-order valence-corrected chi connectivity index (χ4v) is 2.50. The van der Waals surface area contributed by atoms with E-state index in [2.05, 4.69) is 10.1 Å². The summed E-state index contributed by atoms with van der Waals surface area (Å²) in [5.74, 6) is -3.19. The molecule has 24 heavy (non-hydrogen) atoms. The first-order valence-electron chi connectivity index (χ1n) is 7.33. The van der Waals surface area contributed by atoms with Crippen LogP contribution in [0.4, 0.5) is 14.5 Å². The molecule has 0 saturated carbocycles. The number of esters is 1. The first kappa shape index (κ1) is 17.8. The second kappa shape index (κ2) is 6.54. The van der Waals surface area contributed by atoms with Crippen molar-refractivity contribution in [2.24, 2.45) is 5.41 Å². The molecule has 1 aliphatic heterocycles. The van der Waals surface area contributed by atoms with Crippen LogP contribution in [0.15, 0.2) is 18.2 Å². The van der Waals surface area contributed by atoms with Crippen LogP contribution in [-0.4, -0.2) is 37.5 Å². The standard InChI is InChI=1S/C16H18F2N2O4/c1-9(4-13(21)24-3)19-14(22)16(2)8-20(15(16)23)12-6-10(17)5-11(18)7-12/h5-7,9H,4,8H2,1-3H3,(H,19,22). The van der Waals surface area contributed by atoms with Crippen molar-refractivity contribution in [2.45, 2.75) is 26.3 Å². The highest BCUT2D eigenvalue weighted by atomic mass is 19.1. The number of carbonyl (C=O) groups excluding carboxylic acids is 3. The number of carbonyl (C=O) groups is 3. The van der Waals surface area contributed by atoms with Crippen LogP contribution in [0.25, 0.3) is 0 Å². The van der Waals surface area contributed by atoms with Crippen molar-refractivity contribution in [2.75, 3.05) is 18.6 Å².